The summed E-state index contributed by atoms with van der Waals surface area (Å²) in [6.45, 7) is 0.278. The SMILES string of the molecule is NC1(c2nccc(-c3ccc4c(c3)OCO4)n2)CC1. The van der Waals surface area contributed by atoms with Gasteiger partial charge in [0.1, 0.15) is 5.82 Å². The van der Waals surface area contributed by atoms with E-state index in [1.165, 1.54) is 0 Å². The van der Waals surface area contributed by atoms with Crippen LogP contribution in [-0.2, 0) is 5.54 Å². The van der Waals surface area contributed by atoms with Gasteiger partial charge in [-0.25, -0.2) is 9.97 Å². The highest BCUT2D eigenvalue weighted by Crippen LogP contribution is 2.41. The molecule has 0 radical (unpaired) electrons. The van der Waals surface area contributed by atoms with Crippen molar-refractivity contribution in [1.82, 2.24) is 9.97 Å². The van der Waals surface area contributed by atoms with Gasteiger partial charge in [-0.2, -0.15) is 0 Å². The Morgan fingerprint density at radius 3 is 2.79 bits per heavy atom. The Bertz CT molecular complexity index is 653. The molecule has 19 heavy (non-hydrogen) atoms. The number of rotatable bonds is 2. The Morgan fingerprint density at radius 1 is 1.11 bits per heavy atom. The highest BCUT2D eigenvalue weighted by atomic mass is 16.7. The number of nitrogens with zero attached hydrogens (tertiary/aromatic N) is 2. The van der Waals surface area contributed by atoms with E-state index in [0.717, 1.165) is 41.4 Å². The van der Waals surface area contributed by atoms with E-state index in [0.29, 0.717) is 0 Å². The monoisotopic (exact) mass is 255 g/mol. The maximum absolute atomic E-state index is 6.14. The van der Waals surface area contributed by atoms with E-state index in [9.17, 15) is 0 Å². The number of hydrogen-bond acceptors (Lipinski definition) is 5. The van der Waals surface area contributed by atoms with Gasteiger partial charge in [-0.1, -0.05) is 0 Å². The zero-order valence-corrected chi connectivity index (χ0v) is 10.3. The van der Waals surface area contributed by atoms with Crippen LogP contribution in [0.1, 0.15) is 18.7 Å². The molecule has 5 heteroatoms. The van der Waals surface area contributed by atoms with Crippen molar-refractivity contribution in [3.63, 3.8) is 0 Å². The van der Waals surface area contributed by atoms with Crippen LogP contribution in [0, 0.1) is 0 Å². The molecule has 1 aliphatic carbocycles. The number of ether oxygens (including phenoxy) is 2. The van der Waals surface area contributed by atoms with Crippen LogP contribution in [0.3, 0.4) is 0 Å². The maximum atomic E-state index is 6.14. The van der Waals surface area contributed by atoms with Crippen molar-refractivity contribution in [3.8, 4) is 22.8 Å². The Morgan fingerprint density at radius 2 is 1.95 bits per heavy atom. The first-order chi connectivity index (χ1) is 9.24. The average molecular weight is 255 g/mol. The molecule has 0 spiro atoms. The summed E-state index contributed by atoms with van der Waals surface area (Å²) in [5, 5.41) is 0. The molecule has 2 N–H and O–H groups in total. The lowest BCUT2D eigenvalue weighted by Gasteiger charge is -2.09. The van der Waals surface area contributed by atoms with Crippen LogP contribution in [0.4, 0.5) is 0 Å². The summed E-state index contributed by atoms with van der Waals surface area (Å²) < 4.78 is 10.7. The maximum Gasteiger partial charge on any atom is 0.231 e. The van der Waals surface area contributed by atoms with Crippen LogP contribution in [0.2, 0.25) is 0 Å². The van der Waals surface area contributed by atoms with Crippen molar-refractivity contribution >= 4 is 0 Å². The molecule has 4 rings (SSSR count). The predicted octanol–water partition coefficient (Wildman–Crippen LogP) is 1.82. The van der Waals surface area contributed by atoms with Crippen LogP contribution in [0.15, 0.2) is 30.5 Å². The predicted molar refractivity (Wildman–Crippen MR) is 68.7 cm³/mol. The van der Waals surface area contributed by atoms with Gasteiger partial charge in [-0.05, 0) is 37.1 Å². The van der Waals surface area contributed by atoms with Gasteiger partial charge in [0.15, 0.2) is 11.5 Å². The van der Waals surface area contributed by atoms with Crippen LogP contribution in [-0.4, -0.2) is 16.8 Å². The largest absolute Gasteiger partial charge is 0.454 e. The summed E-state index contributed by atoms with van der Waals surface area (Å²) in [5.74, 6) is 2.25. The van der Waals surface area contributed by atoms with E-state index in [1.54, 1.807) is 6.20 Å². The van der Waals surface area contributed by atoms with Gasteiger partial charge in [0, 0.05) is 11.8 Å². The summed E-state index contributed by atoms with van der Waals surface area (Å²) in [6.07, 6.45) is 3.67. The van der Waals surface area contributed by atoms with Gasteiger partial charge < -0.3 is 15.2 Å². The van der Waals surface area contributed by atoms with Crippen LogP contribution >= 0.6 is 0 Å². The number of hydrogen-bond donors (Lipinski definition) is 1. The van der Waals surface area contributed by atoms with Gasteiger partial charge in [-0.3, -0.25) is 0 Å². The van der Waals surface area contributed by atoms with Gasteiger partial charge in [-0.15, -0.1) is 0 Å². The fourth-order valence-corrected chi connectivity index (χ4v) is 2.17. The van der Waals surface area contributed by atoms with Crippen LogP contribution < -0.4 is 15.2 Å². The Labute approximate surface area is 110 Å². The number of aromatic nitrogens is 2. The highest BCUT2D eigenvalue weighted by Gasteiger charge is 2.43. The smallest absolute Gasteiger partial charge is 0.231 e. The molecular weight excluding hydrogens is 242 g/mol. The molecule has 1 aliphatic heterocycles. The topological polar surface area (TPSA) is 70.3 Å². The van der Waals surface area contributed by atoms with Gasteiger partial charge >= 0.3 is 0 Å². The number of benzene rings is 1. The first-order valence-corrected chi connectivity index (χ1v) is 6.27. The summed E-state index contributed by atoms with van der Waals surface area (Å²) >= 11 is 0. The van der Waals surface area contributed by atoms with E-state index < -0.39 is 0 Å². The molecule has 5 nitrogen and oxygen atoms in total. The number of fused-ring (bicyclic) bond motifs is 1. The first-order valence-electron chi connectivity index (χ1n) is 6.27. The molecule has 0 amide bonds. The average Bonchev–Trinajstić information content (AvgIpc) is 3.04. The normalized spacial score (nSPS) is 18.4. The lowest BCUT2D eigenvalue weighted by molar-refractivity contribution is 0.174. The van der Waals surface area contributed by atoms with Crippen molar-refractivity contribution < 1.29 is 9.47 Å². The van der Waals surface area contributed by atoms with Gasteiger partial charge in [0.2, 0.25) is 6.79 Å². The second-order valence-electron chi connectivity index (χ2n) is 4.99. The van der Waals surface area contributed by atoms with Crippen LogP contribution in [0.5, 0.6) is 11.5 Å². The van der Waals surface area contributed by atoms with Gasteiger partial charge in [0.25, 0.3) is 0 Å². The molecule has 0 bridgehead atoms. The minimum absolute atomic E-state index is 0.278. The fourth-order valence-electron chi connectivity index (χ4n) is 2.17. The zero-order valence-electron chi connectivity index (χ0n) is 10.3. The summed E-state index contributed by atoms with van der Waals surface area (Å²) in [7, 11) is 0. The third kappa shape index (κ3) is 1.74. The van der Waals surface area contributed by atoms with Crippen molar-refractivity contribution in [2.45, 2.75) is 18.4 Å². The van der Waals surface area contributed by atoms with Crippen molar-refractivity contribution in [3.05, 3.63) is 36.3 Å². The molecule has 1 saturated carbocycles. The first kappa shape index (κ1) is 10.8. The van der Waals surface area contributed by atoms with E-state index in [4.69, 9.17) is 15.2 Å². The highest BCUT2D eigenvalue weighted by molar-refractivity contribution is 5.64. The molecule has 1 fully saturated rings. The molecule has 0 atom stereocenters. The summed E-state index contributed by atoms with van der Waals surface area (Å²) in [4.78, 5) is 8.85. The Kier molecular flexibility index (Phi) is 2.08. The minimum atomic E-state index is -0.313. The van der Waals surface area contributed by atoms with E-state index in [-0.39, 0.29) is 12.3 Å². The van der Waals surface area contributed by atoms with Crippen molar-refractivity contribution in [1.29, 1.82) is 0 Å². The van der Waals surface area contributed by atoms with Crippen molar-refractivity contribution in [2.75, 3.05) is 6.79 Å². The Hall–Kier alpha value is -2.14. The minimum Gasteiger partial charge on any atom is -0.454 e. The zero-order chi connectivity index (χ0) is 12.9. The number of nitrogens with two attached hydrogens (primary N) is 1. The second kappa shape index (κ2) is 3.68. The fraction of sp³-hybridized carbons (Fsp3) is 0.286. The second-order valence-corrected chi connectivity index (χ2v) is 4.99. The van der Waals surface area contributed by atoms with Crippen molar-refractivity contribution in [2.24, 2.45) is 5.73 Å². The Balaban J connectivity index is 1.76. The van der Waals surface area contributed by atoms with E-state index in [1.807, 2.05) is 24.3 Å². The summed E-state index contributed by atoms with van der Waals surface area (Å²) in [6, 6.07) is 7.68. The molecule has 96 valence electrons. The van der Waals surface area contributed by atoms with E-state index in [2.05, 4.69) is 9.97 Å². The third-order valence-corrected chi connectivity index (χ3v) is 3.56. The molecule has 2 aliphatic rings. The molecule has 1 aromatic carbocycles. The lowest BCUT2D eigenvalue weighted by atomic mass is 10.1. The van der Waals surface area contributed by atoms with Crippen LogP contribution in [0.25, 0.3) is 11.3 Å². The summed E-state index contributed by atoms with van der Waals surface area (Å²) in [5.41, 5.74) is 7.67. The molecule has 2 heterocycles. The molecule has 0 unspecified atom stereocenters. The molecule has 0 saturated heterocycles. The molecule has 2 aromatic rings. The third-order valence-electron chi connectivity index (χ3n) is 3.56. The molecular formula is C14H13N3O2. The molecule has 1 aromatic heterocycles. The van der Waals surface area contributed by atoms with E-state index >= 15 is 0 Å². The lowest BCUT2D eigenvalue weighted by Crippen LogP contribution is -2.22. The quantitative estimate of drug-likeness (QED) is 0.886. The van der Waals surface area contributed by atoms with Gasteiger partial charge in [0.05, 0.1) is 11.2 Å². The standard InChI is InChI=1S/C14H13N3O2/c15-14(4-5-14)13-16-6-3-10(17-13)9-1-2-11-12(7-9)19-8-18-11/h1-3,6-7H,4-5,8,15H2.